The second-order valence-electron chi connectivity index (χ2n) is 4.37. The minimum atomic E-state index is -3.72. The molecule has 0 unspecified atom stereocenters. The molecule has 1 aromatic carbocycles. The van der Waals surface area contributed by atoms with Gasteiger partial charge < -0.3 is 9.47 Å². The molecule has 0 aromatic heterocycles. The molecular weight excluding hydrogens is 264 g/mol. The van der Waals surface area contributed by atoms with E-state index < -0.39 is 14.8 Å². The molecule has 0 bridgehead atoms. The number of hydrogen-bond donors (Lipinski definition) is 0. The third-order valence-corrected chi connectivity index (χ3v) is 4.51. The molecule has 1 aliphatic carbocycles. The fraction of sp³-hybridized carbons (Fsp3) is 0.455. The Morgan fingerprint density at radius 3 is 2.41 bits per heavy atom. The Bertz CT molecular complexity index is 561. The predicted molar refractivity (Wildman–Crippen MR) is 61.9 cm³/mol. The van der Waals surface area contributed by atoms with Crippen molar-refractivity contribution in [3.63, 3.8) is 0 Å². The Hall–Kier alpha value is -0.940. The fourth-order valence-electron chi connectivity index (χ4n) is 2.34. The maximum absolute atomic E-state index is 11.2. The van der Waals surface area contributed by atoms with E-state index in [0.29, 0.717) is 11.5 Å². The van der Waals surface area contributed by atoms with E-state index in [-0.39, 0.29) is 4.90 Å². The summed E-state index contributed by atoms with van der Waals surface area (Å²) in [4.78, 5) is 0.0385. The van der Waals surface area contributed by atoms with Gasteiger partial charge in [-0.2, -0.15) is 0 Å². The third kappa shape index (κ3) is 1.87. The van der Waals surface area contributed by atoms with Crippen LogP contribution in [0, 0.1) is 0 Å². The number of fused-ring (bicyclic) bond motifs is 1. The van der Waals surface area contributed by atoms with Crippen molar-refractivity contribution in [2.75, 3.05) is 0 Å². The van der Waals surface area contributed by atoms with E-state index in [1.165, 1.54) is 12.1 Å². The topological polar surface area (TPSA) is 52.6 Å². The number of ether oxygens (including phenoxy) is 2. The summed E-state index contributed by atoms with van der Waals surface area (Å²) in [5.74, 6) is 0.487. The van der Waals surface area contributed by atoms with Crippen LogP contribution in [0.5, 0.6) is 11.5 Å². The quantitative estimate of drug-likeness (QED) is 0.739. The number of rotatable bonds is 1. The average molecular weight is 275 g/mol. The van der Waals surface area contributed by atoms with E-state index >= 15 is 0 Å². The Labute approximate surface area is 104 Å². The maximum atomic E-state index is 11.2. The summed E-state index contributed by atoms with van der Waals surface area (Å²) in [6.45, 7) is 0. The molecule has 1 aromatic rings. The number of hydrogen-bond acceptors (Lipinski definition) is 4. The Balaban J connectivity index is 1.98. The van der Waals surface area contributed by atoms with Crippen molar-refractivity contribution in [3.8, 4) is 11.5 Å². The van der Waals surface area contributed by atoms with Crippen molar-refractivity contribution >= 4 is 19.7 Å². The zero-order chi connectivity index (χ0) is 12.1. The first kappa shape index (κ1) is 11.2. The van der Waals surface area contributed by atoms with Crippen LogP contribution in [0.25, 0.3) is 0 Å². The molecule has 0 N–H and O–H groups in total. The molecule has 2 aliphatic rings. The van der Waals surface area contributed by atoms with E-state index in [9.17, 15) is 8.42 Å². The summed E-state index contributed by atoms with van der Waals surface area (Å²) in [6.07, 6.45) is 3.80. The molecule has 1 saturated carbocycles. The van der Waals surface area contributed by atoms with Gasteiger partial charge in [0.2, 0.25) is 0 Å². The van der Waals surface area contributed by atoms with Crippen LogP contribution in [0.4, 0.5) is 0 Å². The lowest BCUT2D eigenvalue weighted by Crippen LogP contribution is -2.34. The molecular formula is C11H11ClO4S. The van der Waals surface area contributed by atoms with Crippen LogP contribution in [0.1, 0.15) is 25.7 Å². The van der Waals surface area contributed by atoms with Crippen molar-refractivity contribution in [3.05, 3.63) is 18.2 Å². The average Bonchev–Trinajstić information content (AvgIpc) is 2.82. The first-order valence-corrected chi connectivity index (χ1v) is 7.76. The second kappa shape index (κ2) is 3.53. The Morgan fingerprint density at radius 2 is 1.76 bits per heavy atom. The largest absolute Gasteiger partial charge is 0.448 e. The number of halogens is 1. The van der Waals surface area contributed by atoms with E-state index in [1.807, 2.05) is 0 Å². The van der Waals surface area contributed by atoms with Crippen LogP contribution >= 0.6 is 10.7 Å². The lowest BCUT2D eigenvalue weighted by Gasteiger charge is -2.21. The highest BCUT2D eigenvalue weighted by Gasteiger charge is 2.44. The highest BCUT2D eigenvalue weighted by Crippen LogP contribution is 2.47. The van der Waals surface area contributed by atoms with Gasteiger partial charge in [0, 0.05) is 29.6 Å². The van der Waals surface area contributed by atoms with Gasteiger partial charge in [-0.3, -0.25) is 0 Å². The summed E-state index contributed by atoms with van der Waals surface area (Å²) >= 11 is 0. The van der Waals surface area contributed by atoms with Crippen LogP contribution in [0.3, 0.4) is 0 Å². The van der Waals surface area contributed by atoms with Crippen molar-refractivity contribution in [1.29, 1.82) is 0 Å². The molecule has 17 heavy (non-hydrogen) atoms. The summed E-state index contributed by atoms with van der Waals surface area (Å²) < 4.78 is 33.9. The zero-order valence-corrected chi connectivity index (χ0v) is 10.6. The molecule has 1 fully saturated rings. The van der Waals surface area contributed by atoms with Gasteiger partial charge in [-0.25, -0.2) is 8.42 Å². The predicted octanol–water partition coefficient (Wildman–Crippen LogP) is 2.66. The minimum Gasteiger partial charge on any atom is -0.448 e. The van der Waals surface area contributed by atoms with E-state index in [1.54, 1.807) is 6.07 Å². The Kier molecular flexibility index (Phi) is 2.32. The summed E-state index contributed by atoms with van der Waals surface area (Å²) in [5.41, 5.74) is 0. The fourth-order valence-corrected chi connectivity index (χ4v) is 3.11. The third-order valence-electron chi connectivity index (χ3n) is 3.15. The SMILES string of the molecule is O=S(=O)(Cl)c1ccc2c(c1)OC1(CCCC1)O2. The second-order valence-corrected chi connectivity index (χ2v) is 6.93. The minimum absolute atomic E-state index is 0.0385. The molecule has 0 radical (unpaired) electrons. The van der Waals surface area contributed by atoms with Gasteiger partial charge in [0.1, 0.15) is 0 Å². The number of benzene rings is 1. The normalized spacial score (nSPS) is 21.0. The molecule has 4 nitrogen and oxygen atoms in total. The van der Waals surface area contributed by atoms with Crippen LogP contribution in [0.2, 0.25) is 0 Å². The lowest BCUT2D eigenvalue weighted by atomic mass is 10.2. The lowest BCUT2D eigenvalue weighted by molar-refractivity contribution is -0.0716. The van der Waals surface area contributed by atoms with Gasteiger partial charge in [-0.05, 0) is 25.0 Å². The molecule has 1 aliphatic heterocycles. The van der Waals surface area contributed by atoms with Crippen LogP contribution in [0.15, 0.2) is 23.1 Å². The van der Waals surface area contributed by atoms with Gasteiger partial charge in [-0.15, -0.1) is 0 Å². The molecule has 1 spiro atoms. The van der Waals surface area contributed by atoms with E-state index in [4.69, 9.17) is 20.2 Å². The highest BCUT2D eigenvalue weighted by atomic mass is 35.7. The van der Waals surface area contributed by atoms with Gasteiger partial charge in [0.05, 0.1) is 4.90 Å². The van der Waals surface area contributed by atoms with Crippen LogP contribution in [-0.4, -0.2) is 14.2 Å². The van der Waals surface area contributed by atoms with Gasteiger partial charge in [0.25, 0.3) is 14.8 Å². The first-order chi connectivity index (χ1) is 7.99. The monoisotopic (exact) mass is 274 g/mol. The van der Waals surface area contributed by atoms with E-state index in [2.05, 4.69) is 0 Å². The molecule has 0 atom stereocenters. The van der Waals surface area contributed by atoms with Gasteiger partial charge >= 0.3 is 0 Å². The van der Waals surface area contributed by atoms with Crippen molar-refractivity contribution < 1.29 is 17.9 Å². The molecule has 92 valence electrons. The van der Waals surface area contributed by atoms with Crippen LogP contribution < -0.4 is 9.47 Å². The van der Waals surface area contributed by atoms with Gasteiger partial charge in [0.15, 0.2) is 11.5 Å². The van der Waals surface area contributed by atoms with Crippen molar-refractivity contribution in [2.24, 2.45) is 0 Å². The standard InChI is InChI=1S/C11H11ClO4S/c12-17(13,14)8-3-4-9-10(7-8)16-11(15-9)5-1-2-6-11/h3-4,7H,1-2,5-6H2. The smallest absolute Gasteiger partial charge is 0.261 e. The van der Waals surface area contributed by atoms with Gasteiger partial charge in [-0.1, -0.05) is 0 Å². The summed E-state index contributed by atoms with van der Waals surface area (Å²) in [6, 6.07) is 4.45. The maximum Gasteiger partial charge on any atom is 0.261 e. The molecule has 3 rings (SSSR count). The molecule has 0 saturated heterocycles. The summed E-state index contributed by atoms with van der Waals surface area (Å²) in [5, 5.41) is 0. The zero-order valence-electron chi connectivity index (χ0n) is 8.98. The molecule has 6 heteroatoms. The van der Waals surface area contributed by atoms with E-state index in [0.717, 1.165) is 25.7 Å². The summed E-state index contributed by atoms with van der Waals surface area (Å²) in [7, 11) is 1.56. The first-order valence-electron chi connectivity index (χ1n) is 5.45. The Morgan fingerprint density at radius 1 is 1.12 bits per heavy atom. The van der Waals surface area contributed by atoms with Crippen molar-refractivity contribution in [2.45, 2.75) is 36.4 Å². The molecule has 1 heterocycles. The highest BCUT2D eigenvalue weighted by molar-refractivity contribution is 8.13. The van der Waals surface area contributed by atoms with Crippen molar-refractivity contribution in [1.82, 2.24) is 0 Å². The van der Waals surface area contributed by atoms with Crippen LogP contribution in [-0.2, 0) is 9.05 Å². The molecule has 0 amide bonds.